The third kappa shape index (κ3) is 3.32. The molecule has 2 atom stereocenters. The Morgan fingerprint density at radius 3 is 2.81 bits per heavy atom. The molecule has 1 fully saturated rings. The lowest BCUT2D eigenvalue weighted by Gasteiger charge is -2.28. The maximum Gasteiger partial charge on any atom is 0.0592 e. The van der Waals surface area contributed by atoms with Crippen molar-refractivity contribution < 1.29 is 5.11 Å². The van der Waals surface area contributed by atoms with Crippen LogP contribution in [0.4, 0.5) is 0 Å². The van der Waals surface area contributed by atoms with E-state index in [0.29, 0.717) is 5.92 Å². The topological polar surface area (TPSA) is 32.3 Å². The molecule has 2 N–H and O–H groups in total. The minimum Gasteiger partial charge on any atom is -0.393 e. The van der Waals surface area contributed by atoms with Crippen molar-refractivity contribution in [2.45, 2.75) is 31.8 Å². The highest BCUT2D eigenvalue weighted by Crippen LogP contribution is 2.18. The zero-order valence-electron chi connectivity index (χ0n) is 9.73. The molecule has 1 saturated heterocycles. The van der Waals surface area contributed by atoms with Crippen LogP contribution in [-0.4, -0.2) is 24.3 Å². The first kappa shape index (κ1) is 11.6. The van der Waals surface area contributed by atoms with Crippen molar-refractivity contribution in [3.63, 3.8) is 0 Å². The van der Waals surface area contributed by atoms with Gasteiger partial charge in [0, 0.05) is 6.54 Å². The highest BCUT2D eigenvalue weighted by molar-refractivity contribution is 5.14. The highest BCUT2D eigenvalue weighted by atomic mass is 16.3. The summed E-state index contributed by atoms with van der Waals surface area (Å²) in [6, 6.07) is 10.6. The number of piperidine rings is 1. The van der Waals surface area contributed by atoms with Gasteiger partial charge in [0.2, 0.25) is 0 Å². The van der Waals surface area contributed by atoms with E-state index in [9.17, 15) is 5.11 Å². The molecule has 2 heteroatoms. The molecule has 1 aliphatic heterocycles. The van der Waals surface area contributed by atoms with Crippen LogP contribution < -0.4 is 5.32 Å². The first-order chi connectivity index (χ1) is 7.86. The van der Waals surface area contributed by atoms with Crippen molar-refractivity contribution in [1.82, 2.24) is 5.32 Å². The van der Waals surface area contributed by atoms with Gasteiger partial charge in [0.1, 0.15) is 0 Å². The molecule has 2 rings (SSSR count). The maximum absolute atomic E-state index is 9.83. The van der Waals surface area contributed by atoms with E-state index in [1.54, 1.807) is 0 Å². The molecule has 2 nitrogen and oxygen atoms in total. The van der Waals surface area contributed by atoms with Gasteiger partial charge in [-0.2, -0.15) is 0 Å². The van der Waals surface area contributed by atoms with Gasteiger partial charge in [-0.05, 0) is 43.7 Å². The van der Waals surface area contributed by atoms with E-state index in [1.807, 2.05) is 0 Å². The van der Waals surface area contributed by atoms with E-state index in [4.69, 9.17) is 0 Å². The van der Waals surface area contributed by atoms with Gasteiger partial charge >= 0.3 is 0 Å². The fourth-order valence-corrected chi connectivity index (χ4v) is 2.42. The summed E-state index contributed by atoms with van der Waals surface area (Å²) >= 11 is 0. The molecule has 2 unspecified atom stereocenters. The zero-order chi connectivity index (χ0) is 11.2. The highest BCUT2D eigenvalue weighted by Gasteiger charge is 2.21. The number of nitrogens with one attached hydrogen (secondary N) is 1. The Bertz CT molecular complexity index is 299. The van der Waals surface area contributed by atoms with E-state index in [-0.39, 0.29) is 6.10 Å². The molecule has 0 spiro atoms. The molecule has 0 amide bonds. The molecule has 1 aliphatic rings. The molecular weight excluding hydrogens is 198 g/mol. The second-order valence-corrected chi connectivity index (χ2v) is 4.70. The van der Waals surface area contributed by atoms with Gasteiger partial charge in [-0.3, -0.25) is 0 Å². The van der Waals surface area contributed by atoms with Crippen LogP contribution in [0.5, 0.6) is 0 Å². The van der Waals surface area contributed by atoms with E-state index in [1.165, 1.54) is 12.0 Å². The van der Waals surface area contributed by atoms with Crippen LogP contribution >= 0.6 is 0 Å². The quantitative estimate of drug-likeness (QED) is 0.811. The summed E-state index contributed by atoms with van der Waals surface area (Å²) in [5.74, 6) is 0.456. The molecule has 88 valence electrons. The Balaban J connectivity index is 1.71. The summed E-state index contributed by atoms with van der Waals surface area (Å²) < 4.78 is 0. The van der Waals surface area contributed by atoms with Crippen molar-refractivity contribution >= 4 is 0 Å². The number of hydrogen-bond acceptors (Lipinski definition) is 2. The maximum atomic E-state index is 9.83. The van der Waals surface area contributed by atoms with E-state index < -0.39 is 0 Å². The number of benzene rings is 1. The summed E-state index contributed by atoms with van der Waals surface area (Å²) in [5.41, 5.74) is 1.40. The van der Waals surface area contributed by atoms with Crippen LogP contribution in [0.1, 0.15) is 24.8 Å². The van der Waals surface area contributed by atoms with Crippen molar-refractivity contribution in [2.75, 3.05) is 13.1 Å². The monoisotopic (exact) mass is 219 g/mol. The number of rotatable bonds is 4. The van der Waals surface area contributed by atoms with Gasteiger partial charge in [0.25, 0.3) is 0 Å². The largest absolute Gasteiger partial charge is 0.393 e. The molecule has 0 aromatic heterocycles. The predicted octanol–water partition coefficient (Wildman–Crippen LogP) is 1.98. The van der Waals surface area contributed by atoms with Crippen LogP contribution in [-0.2, 0) is 6.42 Å². The van der Waals surface area contributed by atoms with Crippen LogP contribution in [0.3, 0.4) is 0 Å². The lowest BCUT2D eigenvalue weighted by Crippen LogP contribution is -2.39. The Morgan fingerprint density at radius 2 is 2.06 bits per heavy atom. The zero-order valence-corrected chi connectivity index (χ0v) is 9.73. The minimum absolute atomic E-state index is 0.0861. The summed E-state index contributed by atoms with van der Waals surface area (Å²) in [5, 5.41) is 13.2. The van der Waals surface area contributed by atoms with Gasteiger partial charge in [0.15, 0.2) is 0 Å². The second-order valence-electron chi connectivity index (χ2n) is 4.70. The summed E-state index contributed by atoms with van der Waals surface area (Å²) in [4.78, 5) is 0. The van der Waals surface area contributed by atoms with Crippen LogP contribution in [0.15, 0.2) is 30.3 Å². The van der Waals surface area contributed by atoms with E-state index in [2.05, 4.69) is 35.6 Å². The Labute approximate surface area is 97.7 Å². The average Bonchev–Trinajstić information content (AvgIpc) is 2.33. The Hall–Kier alpha value is -0.860. The standard InChI is InChI=1S/C14H21NO/c16-14-9-10-15-11-13(14)8-4-7-12-5-2-1-3-6-12/h1-3,5-6,13-16H,4,7-11H2. The summed E-state index contributed by atoms with van der Waals surface area (Å²) in [6.45, 7) is 1.95. The molecule has 16 heavy (non-hydrogen) atoms. The first-order valence-corrected chi connectivity index (χ1v) is 6.29. The molecule has 1 aromatic rings. The van der Waals surface area contributed by atoms with Gasteiger partial charge in [-0.15, -0.1) is 0 Å². The van der Waals surface area contributed by atoms with Gasteiger partial charge in [0.05, 0.1) is 6.10 Å². The lowest BCUT2D eigenvalue weighted by atomic mass is 9.90. The number of aliphatic hydroxyl groups is 1. The molecule has 1 heterocycles. The third-order valence-electron chi connectivity index (χ3n) is 3.45. The van der Waals surface area contributed by atoms with Crippen molar-refractivity contribution in [3.05, 3.63) is 35.9 Å². The minimum atomic E-state index is -0.0861. The fraction of sp³-hybridized carbons (Fsp3) is 0.571. The number of aliphatic hydroxyl groups excluding tert-OH is 1. The summed E-state index contributed by atoms with van der Waals surface area (Å²) in [7, 11) is 0. The average molecular weight is 219 g/mol. The van der Waals surface area contributed by atoms with E-state index in [0.717, 1.165) is 32.4 Å². The van der Waals surface area contributed by atoms with Crippen LogP contribution in [0.2, 0.25) is 0 Å². The Morgan fingerprint density at radius 1 is 1.25 bits per heavy atom. The van der Waals surface area contributed by atoms with Gasteiger partial charge < -0.3 is 10.4 Å². The lowest BCUT2D eigenvalue weighted by molar-refractivity contribution is 0.0735. The van der Waals surface area contributed by atoms with Gasteiger partial charge in [-0.25, -0.2) is 0 Å². The Kier molecular flexibility index (Phi) is 4.37. The third-order valence-corrected chi connectivity index (χ3v) is 3.45. The van der Waals surface area contributed by atoms with Crippen LogP contribution in [0, 0.1) is 5.92 Å². The fourth-order valence-electron chi connectivity index (χ4n) is 2.42. The summed E-state index contributed by atoms with van der Waals surface area (Å²) in [6.07, 6.45) is 4.26. The van der Waals surface area contributed by atoms with Gasteiger partial charge in [-0.1, -0.05) is 30.3 Å². The smallest absolute Gasteiger partial charge is 0.0592 e. The molecule has 0 aliphatic carbocycles. The van der Waals surface area contributed by atoms with Crippen LogP contribution in [0.25, 0.3) is 0 Å². The first-order valence-electron chi connectivity index (χ1n) is 6.29. The normalized spacial score (nSPS) is 25.6. The molecule has 0 saturated carbocycles. The molecule has 1 aromatic carbocycles. The molecular formula is C14H21NO. The molecule has 0 bridgehead atoms. The van der Waals surface area contributed by atoms with Crippen molar-refractivity contribution in [1.29, 1.82) is 0 Å². The number of hydrogen-bond donors (Lipinski definition) is 2. The second kappa shape index (κ2) is 6.02. The molecule has 0 radical (unpaired) electrons. The predicted molar refractivity (Wildman–Crippen MR) is 66.4 cm³/mol. The van der Waals surface area contributed by atoms with Crippen molar-refractivity contribution in [2.24, 2.45) is 5.92 Å². The number of aryl methyl sites for hydroxylation is 1. The van der Waals surface area contributed by atoms with E-state index >= 15 is 0 Å². The van der Waals surface area contributed by atoms with Crippen molar-refractivity contribution in [3.8, 4) is 0 Å². The SMILES string of the molecule is OC1CCNCC1CCCc1ccccc1.